The first kappa shape index (κ1) is 21.4. The Labute approximate surface area is 178 Å². The monoisotopic (exact) mass is 437 g/mol. The van der Waals surface area contributed by atoms with Gasteiger partial charge in [0.25, 0.3) is 0 Å². The number of carbonyl (C=O) groups excluding carboxylic acids is 1. The maximum Gasteiger partial charge on any atom is 0.409 e. The number of hydrogen-bond acceptors (Lipinski definition) is 6. The van der Waals surface area contributed by atoms with E-state index in [-0.39, 0.29) is 17.3 Å². The Morgan fingerprint density at radius 1 is 1.23 bits per heavy atom. The molecule has 0 bridgehead atoms. The third-order valence-corrected chi connectivity index (χ3v) is 8.44. The fourth-order valence-corrected chi connectivity index (χ4v) is 6.96. The zero-order valence-corrected chi connectivity index (χ0v) is 18.6. The first-order valence-electron chi connectivity index (χ1n) is 10.8. The van der Waals surface area contributed by atoms with Gasteiger partial charge in [0.05, 0.1) is 12.7 Å². The number of nitrogens with one attached hydrogen (secondary N) is 1. The maximum absolute atomic E-state index is 12.1. The molecule has 30 heavy (non-hydrogen) atoms. The Hall–Kier alpha value is -1.80. The van der Waals surface area contributed by atoms with E-state index in [9.17, 15) is 18.3 Å². The second kappa shape index (κ2) is 7.71. The molecule has 0 aliphatic heterocycles. The molecule has 166 valence electrons. The van der Waals surface area contributed by atoms with Crippen molar-refractivity contribution >= 4 is 16.2 Å². The lowest BCUT2D eigenvalue weighted by molar-refractivity contribution is -0.117. The van der Waals surface area contributed by atoms with E-state index in [1.165, 1.54) is 5.56 Å². The molecule has 0 saturated heterocycles. The number of benzene rings is 1. The summed E-state index contributed by atoms with van der Waals surface area (Å²) in [5.41, 5.74) is 2.30. The largest absolute Gasteiger partial charge is 0.490 e. The van der Waals surface area contributed by atoms with Crippen LogP contribution in [0.4, 0.5) is 0 Å². The lowest BCUT2D eigenvalue weighted by atomic mass is 9.55. The number of hydrogen-bond donors (Lipinski definition) is 2. The highest BCUT2D eigenvalue weighted by Gasteiger charge is 2.54. The first-order valence-corrected chi connectivity index (χ1v) is 12.3. The molecule has 5 atom stereocenters. The number of carbonyl (C=O) groups is 1. The molecule has 0 heterocycles. The number of ether oxygens (including phenoxy) is 1. The SMILES string of the molecule is CCOc1cc2c(cc1OS(=O)(=O)NC(C)=O)CCC1C2CC[C@@]2(C)C1CC[C@@H]2O. The van der Waals surface area contributed by atoms with Gasteiger partial charge < -0.3 is 14.0 Å². The molecule has 1 amide bonds. The number of amides is 1. The molecule has 3 aliphatic carbocycles. The van der Waals surface area contributed by atoms with Crippen molar-refractivity contribution in [2.24, 2.45) is 17.3 Å². The van der Waals surface area contributed by atoms with Crippen LogP contribution in [-0.4, -0.2) is 32.1 Å². The lowest BCUT2D eigenvalue weighted by Gasteiger charge is -2.50. The molecule has 2 fully saturated rings. The van der Waals surface area contributed by atoms with Gasteiger partial charge in [0.2, 0.25) is 5.91 Å². The zero-order valence-electron chi connectivity index (χ0n) is 17.8. The summed E-state index contributed by atoms with van der Waals surface area (Å²) in [6.07, 6.45) is 5.62. The molecule has 0 spiro atoms. The Morgan fingerprint density at radius 2 is 2.00 bits per heavy atom. The third kappa shape index (κ3) is 3.68. The van der Waals surface area contributed by atoms with E-state index in [0.717, 1.165) is 51.0 Å². The summed E-state index contributed by atoms with van der Waals surface area (Å²) in [4.78, 5) is 11.2. The predicted octanol–water partition coefficient (Wildman–Crippen LogP) is 3.06. The number of aliphatic hydroxyl groups excluding tert-OH is 1. The van der Waals surface area contributed by atoms with Crippen LogP contribution in [0.3, 0.4) is 0 Å². The van der Waals surface area contributed by atoms with E-state index in [1.54, 1.807) is 6.07 Å². The van der Waals surface area contributed by atoms with Crippen molar-refractivity contribution < 1.29 is 27.2 Å². The van der Waals surface area contributed by atoms with Crippen molar-refractivity contribution in [3.8, 4) is 11.5 Å². The van der Waals surface area contributed by atoms with Gasteiger partial charge in [-0.1, -0.05) is 6.92 Å². The number of rotatable bonds is 5. The van der Waals surface area contributed by atoms with Crippen LogP contribution < -0.4 is 13.6 Å². The topological polar surface area (TPSA) is 102 Å². The van der Waals surface area contributed by atoms with Crippen molar-refractivity contribution in [2.75, 3.05) is 6.61 Å². The van der Waals surface area contributed by atoms with Gasteiger partial charge in [-0.3, -0.25) is 4.79 Å². The highest BCUT2D eigenvalue weighted by Crippen LogP contribution is 2.61. The summed E-state index contributed by atoms with van der Waals surface area (Å²) in [5.74, 6) is 1.21. The minimum absolute atomic E-state index is 0.0108. The summed E-state index contributed by atoms with van der Waals surface area (Å²) in [6.45, 7) is 5.57. The molecule has 2 saturated carbocycles. The molecule has 7 nitrogen and oxygen atoms in total. The van der Waals surface area contributed by atoms with Crippen molar-refractivity contribution in [3.05, 3.63) is 23.3 Å². The summed E-state index contributed by atoms with van der Waals surface area (Å²) in [5, 5.41) is 10.6. The summed E-state index contributed by atoms with van der Waals surface area (Å²) in [6, 6.07) is 3.69. The summed E-state index contributed by atoms with van der Waals surface area (Å²) in [7, 11) is -4.26. The molecule has 1 aromatic rings. The average molecular weight is 438 g/mol. The van der Waals surface area contributed by atoms with Gasteiger partial charge >= 0.3 is 10.3 Å². The minimum Gasteiger partial charge on any atom is -0.490 e. The molecule has 0 aromatic heterocycles. The van der Waals surface area contributed by atoms with Crippen LogP contribution in [0, 0.1) is 17.3 Å². The molecule has 3 unspecified atom stereocenters. The van der Waals surface area contributed by atoms with Crippen molar-refractivity contribution in [2.45, 2.75) is 71.3 Å². The van der Waals surface area contributed by atoms with Crippen molar-refractivity contribution in [1.82, 2.24) is 4.72 Å². The first-order chi connectivity index (χ1) is 14.1. The smallest absolute Gasteiger partial charge is 0.409 e. The third-order valence-electron chi connectivity index (χ3n) is 7.51. The second-order valence-corrected chi connectivity index (χ2v) is 10.5. The van der Waals surface area contributed by atoms with Gasteiger partial charge in [-0.2, -0.15) is 8.42 Å². The van der Waals surface area contributed by atoms with Crippen molar-refractivity contribution in [3.63, 3.8) is 0 Å². The number of aryl methyl sites for hydroxylation is 1. The van der Waals surface area contributed by atoms with Crippen molar-refractivity contribution in [1.29, 1.82) is 0 Å². The highest BCUT2D eigenvalue weighted by molar-refractivity contribution is 7.85. The van der Waals surface area contributed by atoms with Crippen LogP contribution in [0.2, 0.25) is 0 Å². The van der Waals surface area contributed by atoms with Crippen LogP contribution >= 0.6 is 0 Å². The maximum atomic E-state index is 12.1. The fraction of sp³-hybridized carbons (Fsp3) is 0.682. The Morgan fingerprint density at radius 3 is 2.70 bits per heavy atom. The van der Waals surface area contributed by atoms with E-state index >= 15 is 0 Å². The predicted molar refractivity (Wildman–Crippen MR) is 112 cm³/mol. The zero-order chi connectivity index (χ0) is 21.7. The highest BCUT2D eigenvalue weighted by atomic mass is 32.2. The van der Waals surface area contributed by atoms with Gasteiger partial charge in [-0.25, -0.2) is 4.72 Å². The number of fused-ring (bicyclic) bond motifs is 5. The van der Waals surface area contributed by atoms with Crippen LogP contribution in [0.15, 0.2) is 12.1 Å². The van der Waals surface area contributed by atoms with Crippen LogP contribution in [0.1, 0.15) is 69.9 Å². The average Bonchev–Trinajstić information content (AvgIpc) is 2.96. The van der Waals surface area contributed by atoms with E-state index in [4.69, 9.17) is 8.92 Å². The lowest BCUT2D eigenvalue weighted by Crippen LogP contribution is -2.43. The Balaban J connectivity index is 1.67. The van der Waals surface area contributed by atoms with Gasteiger partial charge in [-0.05, 0) is 91.9 Å². The molecule has 3 aliphatic rings. The molecule has 1 aromatic carbocycles. The van der Waals surface area contributed by atoms with Crippen LogP contribution in [0.5, 0.6) is 11.5 Å². The second-order valence-electron chi connectivity index (χ2n) is 9.18. The normalized spacial score (nSPS) is 32.5. The molecule has 2 N–H and O–H groups in total. The van der Waals surface area contributed by atoms with Gasteiger partial charge in [-0.15, -0.1) is 0 Å². The molecular weight excluding hydrogens is 406 g/mol. The van der Waals surface area contributed by atoms with E-state index in [1.807, 2.05) is 17.7 Å². The van der Waals surface area contributed by atoms with Gasteiger partial charge in [0, 0.05) is 6.92 Å². The summed E-state index contributed by atoms with van der Waals surface area (Å²) < 4.78 is 37.0. The van der Waals surface area contributed by atoms with E-state index in [2.05, 4.69) is 6.92 Å². The van der Waals surface area contributed by atoms with E-state index < -0.39 is 16.2 Å². The van der Waals surface area contributed by atoms with Gasteiger partial charge in [0.15, 0.2) is 11.5 Å². The molecular formula is C22H31NO6S. The van der Waals surface area contributed by atoms with Gasteiger partial charge in [0.1, 0.15) is 0 Å². The summed E-state index contributed by atoms with van der Waals surface area (Å²) >= 11 is 0. The number of aliphatic hydroxyl groups is 1. The standard InChI is InChI=1S/C22H31NO6S/c1-4-28-19-12-17-14(11-20(19)29-30(26,27)23-13(2)24)5-6-16-15(17)9-10-22(3)18(16)7-8-21(22)25/h11-12,15-16,18,21,25H,4-10H2,1-3H3,(H,23,24)/t15?,16?,18?,21-,22-/m0/s1. The Bertz CT molecular complexity index is 945. The Kier molecular flexibility index (Phi) is 5.51. The molecule has 8 heteroatoms. The van der Waals surface area contributed by atoms with Crippen LogP contribution in [0.25, 0.3) is 0 Å². The van der Waals surface area contributed by atoms with E-state index in [0.29, 0.717) is 30.1 Å². The molecule has 0 radical (unpaired) electrons. The molecule has 4 rings (SSSR count). The van der Waals surface area contributed by atoms with Crippen LogP contribution in [-0.2, 0) is 21.5 Å². The quantitative estimate of drug-likeness (QED) is 0.734. The minimum atomic E-state index is -4.26. The fourth-order valence-electron chi connectivity index (χ4n) is 6.20.